The molecule has 0 unspecified atom stereocenters. The Labute approximate surface area is 130 Å². The van der Waals surface area contributed by atoms with E-state index in [-0.39, 0.29) is 6.10 Å². The summed E-state index contributed by atoms with van der Waals surface area (Å²) in [4.78, 5) is 2.57. The smallest absolute Gasteiger partial charge is 0.163 e. The first kappa shape index (κ1) is 13.9. The van der Waals surface area contributed by atoms with E-state index in [9.17, 15) is 0 Å². The van der Waals surface area contributed by atoms with Crippen molar-refractivity contribution in [2.75, 3.05) is 19.7 Å². The van der Waals surface area contributed by atoms with Gasteiger partial charge in [-0.25, -0.2) is 0 Å². The van der Waals surface area contributed by atoms with Gasteiger partial charge >= 0.3 is 0 Å². The number of ether oxygens (including phenoxy) is 1. The summed E-state index contributed by atoms with van der Waals surface area (Å²) in [7, 11) is 1.98. The molecule has 2 heterocycles. The van der Waals surface area contributed by atoms with E-state index in [4.69, 9.17) is 4.74 Å². The van der Waals surface area contributed by atoms with Crippen molar-refractivity contribution < 1.29 is 4.74 Å². The fourth-order valence-corrected chi connectivity index (χ4v) is 3.80. The molecule has 1 saturated heterocycles. The molecule has 1 aromatic carbocycles. The highest BCUT2D eigenvalue weighted by Gasteiger charge is 2.32. The highest BCUT2D eigenvalue weighted by Crippen LogP contribution is 2.36. The molecule has 4 rings (SSSR count). The first-order valence-electron chi connectivity index (χ1n) is 8.10. The van der Waals surface area contributed by atoms with Crippen LogP contribution in [0.15, 0.2) is 30.6 Å². The lowest BCUT2D eigenvalue weighted by Gasteiger charge is -2.40. The molecule has 1 aliphatic carbocycles. The van der Waals surface area contributed by atoms with E-state index >= 15 is 0 Å². The minimum Gasteiger partial charge on any atom is -0.368 e. The minimum atomic E-state index is 0.0235. The second-order valence-electron chi connectivity index (χ2n) is 6.26. The van der Waals surface area contributed by atoms with Crippen LogP contribution in [0.1, 0.15) is 41.9 Å². The van der Waals surface area contributed by atoms with E-state index < -0.39 is 0 Å². The second-order valence-corrected chi connectivity index (χ2v) is 6.26. The van der Waals surface area contributed by atoms with E-state index in [1.165, 1.54) is 30.4 Å². The van der Waals surface area contributed by atoms with Crippen molar-refractivity contribution >= 4 is 0 Å². The summed E-state index contributed by atoms with van der Waals surface area (Å²) in [5.74, 6) is 0.925. The van der Waals surface area contributed by atoms with Crippen LogP contribution in [-0.4, -0.2) is 39.4 Å². The zero-order chi connectivity index (χ0) is 14.9. The molecule has 0 radical (unpaired) electrons. The molecule has 1 aromatic heterocycles. The van der Waals surface area contributed by atoms with Gasteiger partial charge in [-0.05, 0) is 30.4 Å². The third kappa shape index (κ3) is 2.44. The molecular weight excluding hydrogens is 276 g/mol. The van der Waals surface area contributed by atoms with Crippen LogP contribution < -0.4 is 0 Å². The average molecular weight is 298 g/mol. The molecule has 0 bridgehead atoms. The van der Waals surface area contributed by atoms with Crippen molar-refractivity contribution in [3.8, 4) is 0 Å². The monoisotopic (exact) mass is 298 g/mol. The molecule has 0 amide bonds. The van der Waals surface area contributed by atoms with Crippen molar-refractivity contribution in [3.63, 3.8) is 0 Å². The van der Waals surface area contributed by atoms with Gasteiger partial charge in [-0.15, -0.1) is 10.2 Å². The largest absolute Gasteiger partial charge is 0.368 e. The summed E-state index contributed by atoms with van der Waals surface area (Å²) in [6.07, 6.45) is 5.49. The van der Waals surface area contributed by atoms with Crippen LogP contribution in [0.2, 0.25) is 0 Å². The number of morpholine rings is 1. The third-order valence-electron chi connectivity index (χ3n) is 4.91. The first-order valence-corrected chi connectivity index (χ1v) is 8.10. The van der Waals surface area contributed by atoms with Crippen LogP contribution in [-0.2, 0) is 18.2 Å². The molecule has 2 atom stereocenters. The fourth-order valence-electron chi connectivity index (χ4n) is 3.80. The molecule has 1 fully saturated rings. The maximum Gasteiger partial charge on any atom is 0.163 e. The molecule has 5 nitrogen and oxygen atoms in total. The molecule has 2 aliphatic rings. The zero-order valence-electron chi connectivity index (χ0n) is 13.0. The Kier molecular flexibility index (Phi) is 3.68. The minimum absolute atomic E-state index is 0.0235. The summed E-state index contributed by atoms with van der Waals surface area (Å²) < 4.78 is 7.91. The number of hydrogen-bond acceptors (Lipinski definition) is 4. The number of fused-ring (bicyclic) bond motifs is 1. The topological polar surface area (TPSA) is 43.2 Å². The number of benzene rings is 1. The second kappa shape index (κ2) is 5.82. The Hall–Kier alpha value is -1.72. The summed E-state index contributed by atoms with van der Waals surface area (Å²) >= 11 is 0. The van der Waals surface area contributed by atoms with E-state index in [0.29, 0.717) is 6.04 Å². The van der Waals surface area contributed by atoms with Crippen molar-refractivity contribution in [3.05, 3.63) is 47.5 Å². The Bertz CT molecular complexity index is 654. The molecule has 116 valence electrons. The molecule has 22 heavy (non-hydrogen) atoms. The molecule has 2 aromatic rings. The van der Waals surface area contributed by atoms with Gasteiger partial charge < -0.3 is 9.30 Å². The maximum atomic E-state index is 5.95. The highest BCUT2D eigenvalue weighted by molar-refractivity contribution is 5.32. The zero-order valence-corrected chi connectivity index (χ0v) is 13.0. The van der Waals surface area contributed by atoms with E-state index in [1.807, 2.05) is 11.6 Å². The SMILES string of the molecule is Cn1cnnc1[C@H]1CN([C@H]2CCCc3ccccc32)CCO1. The van der Waals surface area contributed by atoms with Gasteiger partial charge in [-0.3, -0.25) is 4.90 Å². The predicted molar refractivity (Wildman–Crippen MR) is 83.4 cm³/mol. The van der Waals surface area contributed by atoms with Crippen LogP contribution in [0, 0.1) is 0 Å². The molecular formula is C17H22N4O. The highest BCUT2D eigenvalue weighted by atomic mass is 16.5. The average Bonchev–Trinajstić information content (AvgIpc) is 3.00. The van der Waals surface area contributed by atoms with Gasteiger partial charge in [0.2, 0.25) is 0 Å². The van der Waals surface area contributed by atoms with Gasteiger partial charge in [0, 0.05) is 26.2 Å². The van der Waals surface area contributed by atoms with Gasteiger partial charge in [-0.1, -0.05) is 24.3 Å². The molecule has 1 aliphatic heterocycles. The van der Waals surface area contributed by atoms with Gasteiger partial charge in [0.25, 0.3) is 0 Å². The van der Waals surface area contributed by atoms with Gasteiger partial charge in [0.05, 0.1) is 6.61 Å². The lowest BCUT2D eigenvalue weighted by atomic mass is 9.86. The molecule has 0 N–H and O–H groups in total. The maximum absolute atomic E-state index is 5.95. The van der Waals surface area contributed by atoms with Crippen LogP contribution in [0.5, 0.6) is 0 Å². The first-order chi connectivity index (χ1) is 10.8. The Morgan fingerprint density at radius 3 is 3.05 bits per heavy atom. The van der Waals surface area contributed by atoms with Crippen LogP contribution in [0.4, 0.5) is 0 Å². The Morgan fingerprint density at radius 2 is 2.18 bits per heavy atom. The van der Waals surface area contributed by atoms with Gasteiger partial charge in [-0.2, -0.15) is 0 Å². The van der Waals surface area contributed by atoms with Crippen LogP contribution in [0.3, 0.4) is 0 Å². The van der Waals surface area contributed by atoms with Crippen molar-refractivity contribution in [1.29, 1.82) is 0 Å². The summed E-state index contributed by atoms with van der Waals surface area (Å²) in [6.45, 7) is 2.65. The van der Waals surface area contributed by atoms with Crippen molar-refractivity contribution in [2.24, 2.45) is 7.05 Å². The number of rotatable bonds is 2. The van der Waals surface area contributed by atoms with E-state index in [0.717, 1.165) is 25.5 Å². The van der Waals surface area contributed by atoms with Crippen LogP contribution >= 0.6 is 0 Å². The predicted octanol–water partition coefficient (Wildman–Crippen LogP) is 2.27. The normalized spacial score (nSPS) is 25.9. The number of aromatic nitrogens is 3. The summed E-state index contributed by atoms with van der Waals surface area (Å²) in [6, 6.07) is 9.42. The van der Waals surface area contributed by atoms with E-state index in [2.05, 4.69) is 39.4 Å². The Balaban J connectivity index is 1.57. The lowest BCUT2D eigenvalue weighted by Crippen LogP contribution is -2.42. The van der Waals surface area contributed by atoms with Crippen LogP contribution in [0.25, 0.3) is 0 Å². The van der Waals surface area contributed by atoms with E-state index in [1.54, 1.807) is 6.33 Å². The molecule has 0 saturated carbocycles. The molecule has 0 spiro atoms. The quantitative estimate of drug-likeness (QED) is 0.853. The fraction of sp³-hybridized carbons (Fsp3) is 0.529. The third-order valence-corrected chi connectivity index (χ3v) is 4.91. The summed E-state index contributed by atoms with van der Waals surface area (Å²) in [5.41, 5.74) is 3.02. The number of nitrogens with zero attached hydrogens (tertiary/aromatic N) is 4. The van der Waals surface area contributed by atoms with Crippen molar-refractivity contribution in [2.45, 2.75) is 31.4 Å². The van der Waals surface area contributed by atoms with Gasteiger partial charge in [0.15, 0.2) is 5.82 Å². The lowest BCUT2D eigenvalue weighted by molar-refractivity contribution is -0.0530. The summed E-state index contributed by atoms with van der Waals surface area (Å²) in [5, 5.41) is 8.21. The Morgan fingerprint density at radius 1 is 1.27 bits per heavy atom. The van der Waals surface area contributed by atoms with Gasteiger partial charge in [0.1, 0.15) is 12.4 Å². The standard InChI is InChI=1S/C17H22N4O/c1-20-12-18-19-17(20)16-11-21(9-10-22-16)15-8-4-6-13-5-2-3-7-14(13)15/h2-3,5,7,12,15-16H,4,6,8-11H2,1H3/t15-,16+/m0/s1. The number of aryl methyl sites for hydroxylation is 2. The number of hydrogen-bond donors (Lipinski definition) is 0. The molecule has 5 heteroatoms. The van der Waals surface area contributed by atoms with Crippen molar-refractivity contribution in [1.82, 2.24) is 19.7 Å².